The molecule has 16 heavy (non-hydrogen) atoms. The molecule has 2 aliphatic rings. The van der Waals surface area contributed by atoms with Gasteiger partial charge in [-0.1, -0.05) is 6.92 Å². The van der Waals surface area contributed by atoms with Crippen molar-refractivity contribution < 1.29 is 9.13 Å². The lowest BCUT2D eigenvalue weighted by Gasteiger charge is -2.36. The summed E-state index contributed by atoms with van der Waals surface area (Å²) in [6, 6.07) is 2.06. The standard InChI is InChI=1S/C12H18FNOS/c1-8-6-15-12(16-7-8)9-2-3-10(5-14)11(13)4-9/h8-12H,2-4,6-7H2,1H3. The lowest BCUT2D eigenvalue weighted by molar-refractivity contribution is 0.0174. The number of thioether (sulfide) groups is 1. The van der Waals surface area contributed by atoms with Crippen molar-refractivity contribution in [3.8, 4) is 6.07 Å². The predicted octanol–water partition coefficient (Wildman–Crippen LogP) is 2.99. The van der Waals surface area contributed by atoms with Crippen molar-refractivity contribution in [2.45, 2.75) is 37.8 Å². The molecule has 0 bridgehead atoms. The molecule has 2 nitrogen and oxygen atoms in total. The highest BCUT2D eigenvalue weighted by atomic mass is 32.2. The third-order valence-electron chi connectivity index (χ3n) is 3.45. The van der Waals surface area contributed by atoms with Gasteiger partial charge >= 0.3 is 0 Å². The fraction of sp³-hybridized carbons (Fsp3) is 0.917. The normalized spacial score (nSPS) is 44.9. The fourth-order valence-electron chi connectivity index (χ4n) is 2.43. The minimum Gasteiger partial charge on any atom is -0.367 e. The van der Waals surface area contributed by atoms with Gasteiger partial charge in [0.2, 0.25) is 0 Å². The average molecular weight is 243 g/mol. The van der Waals surface area contributed by atoms with Gasteiger partial charge in [0, 0.05) is 5.75 Å². The third kappa shape index (κ3) is 2.70. The summed E-state index contributed by atoms with van der Waals surface area (Å²) >= 11 is 1.82. The van der Waals surface area contributed by atoms with Crippen molar-refractivity contribution in [2.75, 3.05) is 12.4 Å². The zero-order valence-electron chi connectivity index (χ0n) is 9.56. The number of nitrogens with zero attached hydrogens (tertiary/aromatic N) is 1. The maximum Gasteiger partial charge on any atom is 0.116 e. The zero-order valence-corrected chi connectivity index (χ0v) is 10.4. The number of nitriles is 1. The van der Waals surface area contributed by atoms with Gasteiger partial charge in [-0.15, -0.1) is 11.8 Å². The summed E-state index contributed by atoms with van der Waals surface area (Å²) < 4.78 is 19.4. The molecule has 1 aliphatic heterocycles. The molecule has 4 heteroatoms. The maximum atomic E-state index is 13.6. The van der Waals surface area contributed by atoms with Gasteiger partial charge in [-0.3, -0.25) is 0 Å². The van der Waals surface area contributed by atoms with E-state index in [1.165, 1.54) is 0 Å². The van der Waals surface area contributed by atoms with Crippen molar-refractivity contribution in [3.05, 3.63) is 0 Å². The number of hydrogen-bond acceptors (Lipinski definition) is 3. The molecule has 0 amide bonds. The Hall–Kier alpha value is -0.270. The van der Waals surface area contributed by atoms with E-state index >= 15 is 0 Å². The Bertz CT molecular complexity index is 273. The molecule has 0 aromatic heterocycles. The Morgan fingerprint density at radius 2 is 2.25 bits per heavy atom. The molecule has 0 radical (unpaired) electrons. The summed E-state index contributed by atoms with van der Waals surface area (Å²) in [5.41, 5.74) is 0.161. The molecule has 1 heterocycles. The monoisotopic (exact) mass is 243 g/mol. The fourth-order valence-corrected chi connectivity index (χ4v) is 3.73. The first-order chi connectivity index (χ1) is 7.70. The SMILES string of the molecule is CC1COC(C2CCC(C#N)C(F)C2)SC1. The molecule has 2 fully saturated rings. The Morgan fingerprint density at radius 3 is 2.81 bits per heavy atom. The largest absolute Gasteiger partial charge is 0.367 e. The van der Waals surface area contributed by atoms with Gasteiger partial charge in [0.15, 0.2) is 0 Å². The Labute approximate surface area is 101 Å². The topological polar surface area (TPSA) is 33.0 Å². The van der Waals surface area contributed by atoms with Crippen LogP contribution in [0.15, 0.2) is 0 Å². The van der Waals surface area contributed by atoms with Crippen LogP contribution in [0.1, 0.15) is 26.2 Å². The van der Waals surface area contributed by atoms with Crippen molar-refractivity contribution in [1.82, 2.24) is 0 Å². The van der Waals surface area contributed by atoms with Gasteiger partial charge in [-0.25, -0.2) is 4.39 Å². The Balaban J connectivity index is 1.86. The molecule has 5 unspecified atom stereocenters. The quantitative estimate of drug-likeness (QED) is 0.710. The van der Waals surface area contributed by atoms with E-state index in [9.17, 15) is 4.39 Å². The number of alkyl halides is 1. The Kier molecular flexibility index (Phi) is 4.10. The number of ether oxygens (including phenoxy) is 1. The molecule has 2 rings (SSSR count). The van der Waals surface area contributed by atoms with Gasteiger partial charge in [0.25, 0.3) is 0 Å². The summed E-state index contributed by atoms with van der Waals surface area (Å²) in [7, 11) is 0. The van der Waals surface area contributed by atoms with Crippen molar-refractivity contribution in [3.63, 3.8) is 0 Å². The van der Waals surface area contributed by atoms with Crippen LogP contribution in [0.3, 0.4) is 0 Å². The van der Waals surface area contributed by atoms with Crippen LogP contribution in [0.2, 0.25) is 0 Å². The van der Waals surface area contributed by atoms with Crippen LogP contribution in [-0.2, 0) is 4.74 Å². The van der Waals surface area contributed by atoms with Crippen LogP contribution < -0.4 is 0 Å². The van der Waals surface area contributed by atoms with E-state index in [2.05, 4.69) is 13.0 Å². The molecule has 0 spiro atoms. The second-order valence-corrected chi connectivity index (χ2v) is 6.10. The molecule has 0 aromatic rings. The molecule has 0 aromatic carbocycles. The summed E-state index contributed by atoms with van der Waals surface area (Å²) in [6.45, 7) is 2.97. The van der Waals surface area contributed by atoms with Crippen molar-refractivity contribution in [2.24, 2.45) is 17.8 Å². The molecular weight excluding hydrogens is 225 g/mol. The van der Waals surface area contributed by atoms with Crippen LogP contribution in [0.5, 0.6) is 0 Å². The maximum absolute atomic E-state index is 13.6. The summed E-state index contributed by atoms with van der Waals surface area (Å²) in [4.78, 5) is 0. The first-order valence-electron chi connectivity index (χ1n) is 5.97. The summed E-state index contributed by atoms with van der Waals surface area (Å²) in [5.74, 6) is 1.64. The smallest absolute Gasteiger partial charge is 0.116 e. The van der Waals surface area contributed by atoms with Gasteiger partial charge in [0.05, 0.1) is 18.6 Å². The average Bonchev–Trinajstić information content (AvgIpc) is 2.30. The molecule has 5 atom stereocenters. The number of hydrogen-bond donors (Lipinski definition) is 0. The van der Waals surface area contributed by atoms with Crippen molar-refractivity contribution in [1.29, 1.82) is 5.26 Å². The minimum absolute atomic E-state index is 0.161. The molecular formula is C12H18FNOS. The van der Waals surface area contributed by atoms with E-state index in [0.29, 0.717) is 24.7 Å². The highest BCUT2D eigenvalue weighted by Gasteiger charge is 2.36. The van der Waals surface area contributed by atoms with Crippen molar-refractivity contribution >= 4 is 11.8 Å². The first kappa shape index (κ1) is 12.2. The molecule has 1 saturated heterocycles. The Morgan fingerprint density at radius 1 is 1.44 bits per heavy atom. The molecule has 1 aliphatic carbocycles. The van der Waals surface area contributed by atoms with E-state index in [1.54, 1.807) is 0 Å². The second kappa shape index (κ2) is 5.37. The second-order valence-electron chi connectivity index (χ2n) is 4.96. The van der Waals surface area contributed by atoms with Gasteiger partial charge in [0.1, 0.15) is 11.6 Å². The van der Waals surface area contributed by atoms with Gasteiger partial charge < -0.3 is 4.74 Å². The van der Waals surface area contributed by atoms with E-state index in [1.807, 2.05) is 11.8 Å². The predicted molar refractivity (Wildman–Crippen MR) is 62.7 cm³/mol. The van der Waals surface area contributed by atoms with Crippen LogP contribution in [-0.4, -0.2) is 24.0 Å². The molecule has 90 valence electrons. The van der Waals surface area contributed by atoms with E-state index < -0.39 is 6.17 Å². The minimum atomic E-state index is -0.952. The summed E-state index contributed by atoms with van der Waals surface area (Å²) in [6.07, 6.45) is 1.18. The molecule has 0 N–H and O–H groups in total. The van der Waals surface area contributed by atoms with E-state index in [-0.39, 0.29) is 11.4 Å². The lowest BCUT2D eigenvalue weighted by atomic mass is 9.81. The van der Waals surface area contributed by atoms with E-state index in [4.69, 9.17) is 10.00 Å². The highest BCUT2D eigenvalue weighted by Crippen LogP contribution is 2.39. The van der Waals surface area contributed by atoms with Gasteiger partial charge in [-0.05, 0) is 31.1 Å². The zero-order chi connectivity index (χ0) is 11.5. The summed E-state index contributed by atoms with van der Waals surface area (Å²) in [5, 5.41) is 8.77. The first-order valence-corrected chi connectivity index (χ1v) is 7.02. The molecule has 1 saturated carbocycles. The van der Waals surface area contributed by atoms with E-state index in [0.717, 1.165) is 18.8 Å². The van der Waals surface area contributed by atoms with Crippen LogP contribution in [0.4, 0.5) is 4.39 Å². The van der Waals surface area contributed by atoms with Gasteiger partial charge in [-0.2, -0.15) is 5.26 Å². The van der Waals surface area contributed by atoms with Crippen LogP contribution in [0.25, 0.3) is 0 Å². The number of rotatable bonds is 1. The lowest BCUT2D eigenvalue weighted by Crippen LogP contribution is -2.35. The van der Waals surface area contributed by atoms with Crippen LogP contribution >= 0.6 is 11.8 Å². The van der Waals surface area contributed by atoms with Crippen LogP contribution in [0, 0.1) is 29.1 Å². The number of halogens is 1. The highest BCUT2D eigenvalue weighted by molar-refractivity contribution is 7.99. The third-order valence-corrected chi connectivity index (χ3v) is 5.06.